The van der Waals surface area contributed by atoms with E-state index in [1.807, 2.05) is 30.9 Å². The van der Waals surface area contributed by atoms with E-state index >= 15 is 0 Å². The Balaban J connectivity index is 1.60. The number of nitrogens with one attached hydrogen (secondary N) is 1. The van der Waals surface area contributed by atoms with Gasteiger partial charge >= 0.3 is 5.97 Å². The summed E-state index contributed by atoms with van der Waals surface area (Å²) in [5, 5.41) is 16.9. The Kier molecular flexibility index (Phi) is 5.82. The number of benzene rings is 1. The lowest BCUT2D eigenvalue weighted by Gasteiger charge is -2.42. The lowest BCUT2D eigenvalue weighted by Crippen LogP contribution is -2.54. The molecular weight excluding hydrogens is 368 g/mol. The summed E-state index contributed by atoms with van der Waals surface area (Å²) < 4.78 is 1.69. The van der Waals surface area contributed by atoms with Crippen molar-refractivity contribution in [2.24, 2.45) is 0 Å². The third kappa shape index (κ3) is 4.48. The van der Waals surface area contributed by atoms with E-state index in [2.05, 4.69) is 10.4 Å². The molecule has 1 aromatic heterocycles. The lowest BCUT2D eigenvalue weighted by atomic mass is 9.85. The summed E-state index contributed by atoms with van der Waals surface area (Å²) in [4.78, 5) is 25.3. The maximum atomic E-state index is 12.5. The van der Waals surface area contributed by atoms with Gasteiger partial charge in [0.15, 0.2) is 5.69 Å². The van der Waals surface area contributed by atoms with Crippen LogP contribution in [0.25, 0.3) is 5.69 Å². The van der Waals surface area contributed by atoms with Crippen LogP contribution >= 0.6 is 11.6 Å². The molecule has 1 aromatic carbocycles. The van der Waals surface area contributed by atoms with Gasteiger partial charge in [-0.3, -0.25) is 14.5 Å². The Morgan fingerprint density at radius 3 is 2.74 bits per heavy atom. The standard InChI is InChI=1S/C19H23ClN4O3/c1-3-23(11-18(25)26)16-9-14(10-16)21-19(27)17-7-12(2)24(22-17)15-6-4-5-13(20)8-15/h4-8,14,16H,3,9-11H2,1-2H3,(H,21,27)(H,25,26). The smallest absolute Gasteiger partial charge is 0.317 e. The average Bonchev–Trinajstić information content (AvgIpc) is 2.97. The summed E-state index contributed by atoms with van der Waals surface area (Å²) in [6.07, 6.45) is 1.50. The molecule has 2 aromatic rings. The highest BCUT2D eigenvalue weighted by Gasteiger charge is 2.35. The van der Waals surface area contributed by atoms with E-state index in [9.17, 15) is 9.59 Å². The molecular formula is C19H23ClN4O3. The quantitative estimate of drug-likeness (QED) is 0.758. The van der Waals surface area contributed by atoms with E-state index in [0.717, 1.165) is 24.2 Å². The first-order valence-corrected chi connectivity index (χ1v) is 9.34. The number of amides is 1. The van der Waals surface area contributed by atoms with Gasteiger partial charge in [0.1, 0.15) is 0 Å². The highest BCUT2D eigenvalue weighted by Crippen LogP contribution is 2.26. The molecule has 0 bridgehead atoms. The molecule has 0 saturated heterocycles. The topological polar surface area (TPSA) is 87.5 Å². The highest BCUT2D eigenvalue weighted by molar-refractivity contribution is 6.30. The van der Waals surface area contributed by atoms with E-state index in [1.165, 1.54) is 0 Å². The van der Waals surface area contributed by atoms with Crippen molar-refractivity contribution in [1.29, 1.82) is 0 Å². The highest BCUT2D eigenvalue weighted by atomic mass is 35.5. The lowest BCUT2D eigenvalue weighted by molar-refractivity contribution is -0.139. The number of aromatic nitrogens is 2. The number of nitrogens with zero attached hydrogens (tertiary/aromatic N) is 3. The Hall–Kier alpha value is -2.38. The molecule has 27 heavy (non-hydrogen) atoms. The van der Waals surface area contributed by atoms with Crippen molar-refractivity contribution in [2.45, 2.75) is 38.8 Å². The van der Waals surface area contributed by atoms with Gasteiger partial charge < -0.3 is 10.4 Å². The maximum Gasteiger partial charge on any atom is 0.317 e. The number of halogens is 1. The van der Waals surface area contributed by atoms with Crippen molar-refractivity contribution >= 4 is 23.5 Å². The van der Waals surface area contributed by atoms with E-state index in [0.29, 0.717) is 17.3 Å². The number of hydrogen-bond donors (Lipinski definition) is 2. The van der Waals surface area contributed by atoms with Crippen LogP contribution in [0.1, 0.15) is 35.9 Å². The molecule has 0 spiro atoms. The van der Waals surface area contributed by atoms with Gasteiger partial charge in [-0.05, 0) is 50.6 Å². The maximum absolute atomic E-state index is 12.5. The predicted molar refractivity (Wildman–Crippen MR) is 102 cm³/mol. The Bertz CT molecular complexity index is 845. The number of aliphatic carboxylic acids is 1. The van der Waals surface area contributed by atoms with Crippen molar-refractivity contribution in [2.75, 3.05) is 13.1 Å². The molecule has 1 heterocycles. The van der Waals surface area contributed by atoms with Crippen LogP contribution in [0.15, 0.2) is 30.3 Å². The van der Waals surface area contributed by atoms with E-state index in [1.54, 1.807) is 22.9 Å². The summed E-state index contributed by atoms with van der Waals surface area (Å²) in [6, 6.07) is 9.28. The molecule has 1 aliphatic rings. The minimum Gasteiger partial charge on any atom is -0.480 e. The van der Waals surface area contributed by atoms with Gasteiger partial charge in [0, 0.05) is 22.8 Å². The molecule has 144 valence electrons. The van der Waals surface area contributed by atoms with Crippen molar-refractivity contribution in [3.63, 3.8) is 0 Å². The number of likely N-dealkylation sites (N-methyl/N-ethyl adjacent to an activating group) is 1. The molecule has 8 heteroatoms. The largest absolute Gasteiger partial charge is 0.480 e. The number of carboxylic acid groups (broad SMARTS) is 1. The van der Waals surface area contributed by atoms with Gasteiger partial charge in [-0.15, -0.1) is 0 Å². The van der Waals surface area contributed by atoms with E-state index in [-0.39, 0.29) is 24.5 Å². The number of carbonyl (C=O) groups excluding carboxylic acids is 1. The zero-order valence-corrected chi connectivity index (χ0v) is 16.1. The number of carbonyl (C=O) groups is 2. The van der Waals surface area contributed by atoms with Crippen molar-refractivity contribution in [3.8, 4) is 5.69 Å². The summed E-state index contributed by atoms with van der Waals surface area (Å²) in [7, 11) is 0. The molecule has 3 rings (SSSR count). The van der Waals surface area contributed by atoms with Crippen LogP contribution < -0.4 is 5.32 Å². The third-order valence-electron chi connectivity index (χ3n) is 4.88. The first-order valence-electron chi connectivity index (χ1n) is 8.96. The molecule has 0 unspecified atom stereocenters. The second kappa shape index (κ2) is 8.10. The van der Waals surface area contributed by atoms with Crippen molar-refractivity contribution < 1.29 is 14.7 Å². The Morgan fingerprint density at radius 1 is 1.37 bits per heavy atom. The number of carboxylic acids is 1. The van der Waals surface area contributed by atoms with Crippen LogP contribution in [-0.4, -0.2) is 56.8 Å². The fraction of sp³-hybridized carbons (Fsp3) is 0.421. The molecule has 1 saturated carbocycles. The van der Waals surface area contributed by atoms with Crippen LogP contribution in [0.4, 0.5) is 0 Å². The minimum atomic E-state index is -0.827. The monoisotopic (exact) mass is 390 g/mol. The van der Waals surface area contributed by atoms with Gasteiger partial charge in [-0.25, -0.2) is 4.68 Å². The predicted octanol–water partition coefficient (Wildman–Crippen LogP) is 2.50. The summed E-state index contributed by atoms with van der Waals surface area (Å²) >= 11 is 6.03. The normalized spacial score (nSPS) is 19.0. The summed E-state index contributed by atoms with van der Waals surface area (Å²) in [6.45, 7) is 4.54. The Labute approximate surface area is 162 Å². The molecule has 1 aliphatic carbocycles. The van der Waals surface area contributed by atoms with Crippen molar-refractivity contribution in [3.05, 3.63) is 46.7 Å². The Morgan fingerprint density at radius 2 is 2.11 bits per heavy atom. The van der Waals surface area contributed by atoms with Crippen molar-refractivity contribution in [1.82, 2.24) is 20.0 Å². The summed E-state index contributed by atoms with van der Waals surface area (Å²) in [5.74, 6) is -1.05. The van der Waals surface area contributed by atoms with Gasteiger partial charge in [0.05, 0.1) is 12.2 Å². The second-order valence-corrected chi connectivity index (χ2v) is 7.25. The third-order valence-corrected chi connectivity index (χ3v) is 5.12. The van der Waals surface area contributed by atoms with Crippen LogP contribution in [0.2, 0.25) is 5.02 Å². The molecule has 0 atom stereocenters. The second-order valence-electron chi connectivity index (χ2n) is 6.82. The van der Waals surface area contributed by atoms with Crippen LogP contribution in [-0.2, 0) is 4.79 Å². The number of rotatable bonds is 7. The van der Waals surface area contributed by atoms with Crippen LogP contribution in [0.3, 0.4) is 0 Å². The van der Waals surface area contributed by atoms with Crippen LogP contribution in [0, 0.1) is 6.92 Å². The SMILES string of the molecule is CCN(CC(=O)O)C1CC(NC(=O)c2cc(C)n(-c3cccc(Cl)c3)n2)C1. The fourth-order valence-corrected chi connectivity index (χ4v) is 3.58. The summed E-state index contributed by atoms with van der Waals surface area (Å²) in [5.41, 5.74) is 2.00. The first-order chi connectivity index (χ1) is 12.9. The molecule has 1 amide bonds. The zero-order valence-electron chi connectivity index (χ0n) is 15.4. The van der Waals surface area contributed by atoms with Gasteiger partial charge in [-0.2, -0.15) is 5.10 Å². The van der Waals surface area contributed by atoms with Gasteiger partial charge in [-0.1, -0.05) is 24.6 Å². The average molecular weight is 391 g/mol. The first kappa shape index (κ1) is 19.4. The molecule has 0 aliphatic heterocycles. The number of hydrogen-bond acceptors (Lipinski definition) is 4. The van der Waals surface area contributed by atoms with E-state index in [4.69, 9.17) is 16.7 Å². The van der Waals surface area contributed by atoms with Crippen LogP contribution in [0.5, 0.6) is 0 Å². The fourth-order valence-electron chi connectivity index (χ4n) is 3.39. The minimum absolute atomic E-state index is 0.0328. The molecule has 7 nitrogen and oxygen atoms in total. The van der Waals surface area contributed by atoms with Gasteiger partial charge in [0.2, 0.25) is 0 Å². The van der Waals surface area contributed by atoms with E-state index < -0.39 is 5.97 Å². The van der Waals surface area contributed by atoms with Gasteiger partial charge in [0.25, 0.3) is 5.91 Å². The molecule has 0 radical (unpaired) electrons. The molecule has 2 N–H and O–H groups in total. The molecule has 1 fully saturated rings. The number of aryl methyl sites for hydroxylation is 1. The zero-order chi connectivity index (χ0) is 19.6.